The van der Waals surface area contributed by atoms with Crippen LogP contribution in [0.1, 0.15) is 40.0 Å². The Kier molecular flexibility index (Phi) is 11.4. The lowest BCUT2D eigenvalue weighted by Gasteiger charge is -2.27. The Hall–Kier alpha value is -1.32. The molecule has 0 aromatic heterocycles. The number of amides is 1. The molecule has 1 aliphatic rings. The van der Waals surface area contributed by atoms with Gasteiger partial charge < -0.3 is 20.1 Å². The predicted octanol–water partition coefficient (Wildman–Crippen LogP) is 0.705. The molecule has 0 aliphatic carbocycles. The number of carbonyl (C=O) groups is 3. The second-order valence-corrected chi connectivity index (χ2v) is 7.70. The standard InChI is InChI=1S/C18H33N3O5S/c1-4-8-19-9-11-27-12-14(18(25)26-5-2)20-13(3)16(22)21-10-6-7-15(21)17(23)24/h13-15,19-20H,4-12H2,1-3H3,(H,23,24)/t13?,14-,15-/m0/s1. The molecule has 0 radical (unpaired) electrons. The highest BCUT2D eigenvalue weighted by atomic mass is 32.2. The lowest BCUT2D eigenvalue weighted by atomic mass is 10.2. The molecule has 156 valence electrons. The first-order valence-electron chi connectivity index (χ1n) is 9.66. The fourth-order valence-corrected chi connectivity index (χ4v) is 3.91. The highest BCUT2D eigenvalue weighted by Crippen LogP contribution is 2.18. The number of hydrogen-bond donors (Lipinski definition) is 3. The van der Waals surface area contributed by atoms with E-state index in [1.165, 1.54) is 4.90 Å². The van der Waals surface area contributed by atoms with E-state index in [0.29, 0.717) is 25.1 Å². The fraction of sp³-hybridized carbons (Fsp3) is 0.833. The van der Waals surface area contributed by atoms with Crippen molar-refractivity contribution in [1.29, 1.82) is 0 Å². The number of hydrogen-bond acceptors (Lipinski definition) is 7. The zero-order valence-electron chi connectivity index (χ0n) is 16.5. The summed E-state index contributed by atoms with van der Waals surface area (Å²) in [5.74, 6) is -0.309. The maximum Gasteiger partial charge on any atom is 0.326 e. The summed E-state index contributed by atoms with van der Waals surface area (Å²) in [5, 5.41) is 15.6. The van der Waals surface area contributed by atoms with Gasteiger partial charge in [-0.25, -0.2) is 4.79 Å². The van der Waals surface area contributed by atoms with E-state index in [9.17, 15) is 19.5 Å². The van der Waals surface area contributed by atoms with Crippen LogP contribution in [0.5, 0.6) is 0 Å². The number of carboxylic acids is 1. The third kappa shape index (κ3) is 8.06. The molecule has 3 atom stereocenters. The molecule has 0 aromatic rings. The van der Waals surface area contributed by atoms with Gasteiger partial charge in [-0.15, -0.1) is 0 Å². The Morgan fingerprint density at radius 1 is 1.30 bits per heavy atom. The minimum atomic E-state index is -0.981. The minimum absolute atomic E-state index is 0.273. The first-order chi connectivity index (χ1) is 12.9. The summed E-state index contributed by atoms with van der Waals surface area (Å²) in [6, 6.07) is -2.04. The lowest BCUT2D eigenvalue weighted by molar-refractivity contribution is -0.150. The van der Waals surface area contributed by atoms with Gasteiger partial charge in [-0.3, -0.25) is 14.9 Å². The third-order valence-electron chi connectivity index (χ3n) is 4.35. The van der Waals surface area contributed by atoms with Crippen LogP contribution in [-0.2, 0) is 19.1 Å². The van der Waals surface area contributed by atoms with Gasteiger partial charge in [-0.1, -0.05) is 6.92 Å². The van der Waals surface area contributed by atoms with Crippen molar-refractivity contribution in [1.82, 2.24) is 15.5 Å². The number of aliphatic carboxylic acids is 1. The summed E-state index contributed by atoms with van der Waals surface area (Å²) in [7, 11) is 0. The highest BCUT2D eigenvalue weighted by Gasteiger charge is 2.36. The highest BCUT2D eigenvalue weighted by molar-refractivity contribution is 7.99. The largest absolute Gasteiger partial charge is 0.480 e. The average Bonchev–Trinajstić information content (AvgIpc) is 3.13. The number of carboxylic acid groups (broad SMARTS) is 1. The second kappa shape index (κ2) is 13.0. The second-order valence-electron chi connectivity index (χ2n) is 6.55. The smallest absolute Gasteiger partial charge is 0.326 e. The van der Waals surface area contributed by atoms with Crippen LogP contribution in [0.4, 0.5) is 0 Å². The Morgan fingerprint density at radius 2 is 2.04 bits per heavy atom. The van der Waals surface area contributed by atoms with Crippen molar-refractivity contribution in [3.63, 3.8) is 0 Å². The summed E-state index contributed by atoms with van der Waals surface area (Å²) in [6.45, 7) is 8.04. The van der Waals surface area contributed by atoms with Gasteiger partial charge in [0, 0.05) is 24.6 Å². The molecule has 0 bridgehead atoms. The van der Waals surface area contributed by atoms with Crippen LogP contribution in [0.2, 0.25) is 0 Å². The number of likely N-dealkylation sites (tertiary alicyclic amines) is 1. The maximum absolute atomic E-state index is 12.7. The third-order valence-corrected chi connectivity index (χ3v) is 5.41. The zero-order chi connectivity index (χ0) is 20.2. The number of thioether (sulfide) groups is 1. The number of ether oxygens (including phenoxy) is 1. The molecule has 9 heteroatoms. The van der Waals surface area contributed by atoms with Crippen molar-refractivity contribution in [2.45, 2.75) is 58.2 Å². The number of rotatable bonds is 13. The van der Waals surface area contributed by atoms with E-state index in [2.05, 4.69) is 17.6 Å². The summed E-state index contributed by atoms with van der Waals surface area (Å²) in [4.78, 5) is 37.6. The number of esters is 1. The number of nitrogens with zero attached hydrogens (tertiary/aromatic N) is 1. The fourth-order valence-electron chi connectivity index (χ4n) is 2.98. The first-order valence-corrected chi connectivity index (χ1v) is 10.8. The molecule has 0 aromatic carbocycles. The molecule has 1 heterocycles. The Labute approximate surface area is 165 Å². The molecule has 1 aliphatic heterocycles. The molecular formula is C18H33N3O5S. The molecule has 3 N–H and O–H groups in total. The van der Waals surface area contributed by atoms with Crippen molar-refractivity contribution in [2.24, 2.45) is 0 Å². The van der Waals surface area contributed by atoms with Gasteiger partial charge in [0.25, 0.3) is 0 Å². The minimum Gasteiger partial charge on any atom is -0.480 e. The van der Waals surface area contributed by atoms with Crippen molar-refractivity contribution in [3.05, 3.63) is 0 Å². The summed E-state index contributed by atoms with van der Waals surface area (Å²) < 4.78 is 5.12. The normalized spacial score (nSPS) is 18.9. The van der Waals surface area contributed by atoms with Crippen LogP contribution >= 0.6 is 11.8 Å². The van der Waals surface area contributed by atoms with Crippen LogP contribution in [0.15, 0.2) is 0 Å². The quantitative estimate of drug-likeness (QED) is 0.305. The SMILES string of the molecule is CCCNCCSC[C@H](NC(C)C(=O)N1CCC[C@H]1C(=O)O)C(=O)OCC. The van der Waals surface area contributed by atoms with Crippen LogP contribution in [0.3, 0.4) is 0 Å². The molecule has 1 saturated heterocycles. The summed E-state index contributed by atoms with van der Waals surface area (Å²) >= 11 is 1.61. The molecular weight excluding hydrogens is 370 g/mol. The molecule has 1 fully saturated rings. The molecule has 27 heavy (non-hydrogen) atoms. The zero-order valence-corrected chi connectivity index (χ0v) is 17.3. The Morgan fingerprint density at radius 3 is 2.67 bits per heavy atom. The van der Waals surface area contributed by atoms with E-state index in [4.69, 9.17) is 4.74 Å². The molecule has 8 nitrogen and oxygen atoms in total. The van der Waals surface area contributed by atoms with E-state index in [-0.39, 0.29) is 18.5 Å². The lowest BCUT2D eigenvalue weighted by Crippen LogP contribution is -2.54. The van der Waals surface area contributed by atoms with Gasteiger partial charge in [0.05, 0.1) is 12.6 Å². The number of carbonyl (C=O) groups excluding carboxylic acids is 2. The van der Waals surface area contributed by atoms with Crippen molar-refractivity contribution in [2.75, 3.05) is 37.7 Å². The van der Waals surface area contributed by atoms with Gasteiger partial charge >= 0.3 is 11.9 Å². The molecule has 0 saturated carbocycles. The van der Waals surface area contributed by atoms with Gasteiger partial charge in [-0.2, -0.15) is 11.8 Å². The molecule has 0 spiro atoms. The summed E-state index contributed by atoms with van der Waals surface area (Å²) in [5.41, 5.74) is 0. The van der Waals surface area contributed by atoms with E-state index < -0.39 is 24.1 Å². The van der Waals surface area contributed by atoms with E-state index >= 15 is 0 Å². The van der Waals surface area contributed by atoms with Crippen molar-refractivity contribution < 1.29 is 24.2 Å². The average molecular weight is 404 g/mol. The predicted molar refractivity (Wildman–Crippen MR) is 106 cm³/mol. The van der Waals surface area contributed by atoms with E-state index in [1.54, 1.807) is 25.6 Å². The Balaban J connectivity index is 2.58. The van der Waals surface area contributed by atoms with E-state index in [0.717, 1.165) is 25.3 Å². The topological polar surface area (TPSA) is 108 Å². The molecule has 1 rings (SSSR count). The van der Waals surface area contributed by atoms with Gasteiger partial charge in [-0.05, 0) is 39.7 Å². The summed E-state index contributed by atoms with van der Waals surface area (Å²) in [6.07, 6.45) is 2.22. The van der Waals surface area contributed by atoms with E-state index in [1.807, 2.05) is 0 Å². The van der Waals surface area contributed by atoms with Crippen LogP contribution in [0, 0.1) is 0 Å². The van der Waals surface area contributed by atoms with Crippen LogP contribution in [-0.4, -0.2) is 83.7 Å². The van der Waals surface area contributed by atoms with Crippen LogP contribution in [0.25, 0.3) is 0 Å². The molecule has 1 amide bonds. The van der Waals surface area contributed by atoms with Crippen molar-refractivity contribution in [3.8, 4) is 0 Å². The number of nitrogens with one attached hydrogen (secondary N) is 2. The Bertz CT molecular complexity index is 492. The molecule has 1 unspecified atom stereocenters. The van der Waals surface area contributed by atoms with Crippen LogP contribution < -0.4 is 10.6 Å². The van der Waals surface area contributed by atoms with Gasteiger partial charge in [0.2, 0.25) is 5.91 Å². The monoisotopic (exact) mass is 403 g/mol. The first kappa shape index (κ1) is 23.7. The van der Waals surface area contributed by atoms with Gasteiger partial charge in [0.1, 0.15) is 12.1 Å². The van der Waals surface area contributed by atoms with Crippen molar-refractivity contribution >= 4 is 29.6 Å². The van der Waals surface area contributed by atoms with Gasteiger partial charge in [0.15, 0.2) is 0 Å². The maximum atomic E-state index is 12.7.